The van der Waals surface area contributed by atoms with Crippen molar-refractivity contribution in [3.63, 3.8) is 0 Å². The van der Waals surface area contributed by atoms with Crippen LogP contribution in [0.4, 0.5) is 5.69 Å². The molecule has 0 aliphatic carbocycles. The Kier molecular flexibility index (Phi) is 5.97. The number of nitrogens with zero attached hydrogens (tertiary/aromatic N) is 1. The quantitative estimate of drug-likeness (QED) is 0.794. The highest BCUT2D eigenvalue weighted by Crippen LogP contribution is 2.29. The Balaban J connectivity index is 1.67. The van der Waals surface area contributed by atoms with Gasteiger partial charge in [-0.3, -0.25) is 4.79 Å². The Morgan fingerprint density at radius 2 is 1.74 bits per heavy atom. The molecule has 1 N–H and O–H groups in total. The molecule has 0 spiro atoms. The van der Waals surface area contributed by atoms with Gasteiger partial charge in [-0.25, -0.2) is 13.1 Å². The van der Waals surface area contributed by atoms with Gasteiger partial charge < -0.3 is 4.90 Å². The fourth-order valence-corrected chi connectivity index (χ4v) is 4.46. The van der Waals surface area contributed by atoms with Gasteiger partial charge in [-0.15, -0.1) is 0 Å². The first kappa shape index (κ1) is 19.6. The zero-order valence-corrected chi connectivity index (χ0v) is 16.7. The average Bonchev–Trinajstić information content (AvgIpc) is 2.64. The van der Waals surface area contributed by atoms with Crippen molar-refractivity contribution in [1.29, 1.82) is 0 Å². The maximum Gasteiger partial charge on any atom is 0.227 e. The summed E-state index contributed by atoms with van der Waals surface area (Å²) in [6.07, 6.45) is 2.12. The maximum atomic E-state index is 12.4. The van der Waals surface area contributed by atoms with Crippen LogP contribution in [-0.4, -0.2) is 20.9 Å². The van der Waals surface area contributed by atoms with Crippen molar-refractivity contribution in [3.8, 4) is 0 Å². The molecule has 5 nitrogen and oxygen atoms in total. The Bertz CT molecular complexity index is 921. The summed E-state index contributed by atoms with van der Waals surface area (Å²) in [5.74, 6) is 0.132. The lowest BCUT2D eigenvalue weighted by Crippen LogP contribution is -2.35. The highest BCUT2D eigenvalue weighted by Gasteiger charge is 2.23. The summed E-state index contributed by atoms with van der Waals surface area (Å²) < 4.78 is 27.4. The smallest absolute Gasteiger partial charge is 0.227 e. The van der Waals surface area contributed by atoms with Gasteiger partial charge >= 0.3 is 0 Å². The van der Waals surface area contributed by atoms with Gasteiger partial charge in [0.25, 0.3) is 0 Å². The fourth-order valence-electron chi connectivity index (χ4n) is 3.34. The van der Waals surface area contributed by atoms with Crippen molar-refractivity contribution in [2.75, 3.05) is 11.4 Å². The van der Waals surface area contributed by atoms with Crippen LogP contribution in [0.1, 0.15) is 42.0 Å². The number of hydrogen-bond acceptors (Lipinski definition) is 3. The molecule has 3 rings (SSSR count). The van der Waals surface area contributed by atoms with E-state index in [2.05, 4.69) is 11.6 Å². The number of benzene rings is 2. The number of nitrogens with one attached hydrogen (secondary N) is 1. The van der Waals surface area contributed by atoms with Crippen LogP contribution < -0.4 is 9.62 Å². The summed E-state index contributed by atoms with van der Waals surface area (Å²) in [5, 5.41) is 0. The van der Waals surface area contributed by atoms with Gasteiger partial charge in [-0.2, -0.15) is 0 Å². The molecular formula is C21H26N2O3S. The molecule has 27 heavy (non-hydrogen) atoms. The number of sulfonamides is 1. The third-order valence-corrected chi connectivity index (χ3v) is 6.06. The van der Waals surface area contributed by atoms with Crippen LogP contribution in [0.2, 0.25) is 0 Å². The SMILES string of the molecule is CCCN1C(=O)CCc2cc(CNS(=O)(=O)Cc3ccc(C)cc3)ccc21. The lowest BCUT2D eigenvalue weighted by molar-refractivity contribution is -0.118. The minimum atomic E-state index is -3.41. The monoisotopic (exact) mass is 386 g/mol. The molecule has 1 heterocycles. The third kappa shape index (κ3) is 4.96. The van der Waals surface area contributed by atoms with Crippen LogP contribution in [0.25, 0.3) is 0 Å². The molecule has 6 heteroatoms. The van der Waals surface area contributed by atoms with Crippen molar-refractivity contribution < 1.29 is 13.2 Å². The summed E-state index contributed by atoms with van der Waals surface area (Å²) in [5.41, 5.74) is 4.85. The molecule has 0 fully saturated rings. The number of anilines is 1. The first-order valence-corrected chi connectivity index (χ1v) is 11.0. The van der Waals surface area contributed by atoms with Gasteiger partial charge in [0.1, 0.15) is 0 Å². The molecule has 0 aromatic heterocycles. The summed E-state index contributed by atoms with van der Waals surface area (Å²) in [6, 6.07) is 13.4. The Morgan fingerprint density at radius 1 is 1.04 bits per heavy atom. The molecule has 0 bridgehead atoms. The minimum absolute atomic E-state index is 0.0308. The first-order valence-electron chi connectivity index (χ1n) is 9.33. The highest BCUT2D eigenvalue weighted by atomic mass is 32.2. The Hall–Kier alpha value is -2.18. The van der Waals surface area contributed by atoms with Crippen molar-refractivity contribution in [2.24, 2.45) is 0 Å². The van der Waals surface area contributed by atoms with Gasteiger partial charge in [-0.1, -0.05) is 48.9 Å². The molecule has 0 unspecified atom stereocenters. The third-order valence-electron chi connectivity index (χ3n) is 4.76. The number of fused-ring (bicyclic) bond motifs is 1. The minimum Gasteiger partial charge on any atom is -0.312 e. The molecule has 0 saturated carbocycles. The number of aryl methyl sites for hydroxylation is 2. The van der Waals surface area contributed by atoms with Gasteiger partial charge in [-0.05, 0) is 42.5 Å². The second-order valence-corrected chi connectivity index (χ2v) is 8.88. The first-order chi connectivity index (χ1) is 12.9. The van der Waals surface area contributed by atoms with Crippen LogP contribution in [0.5, 0.6) is 0 Å². The van der Waals surface area contributed by atoms with E-state index in [1.54, 1.807) is 0 Å². The van der Waals surface area contributed by atoms with Crippen molar-refractivity contribution in [3.05, 3.63) is 64.7 Å². The standard InChI is InChI=1S/C21H26N2O3S/c1-3-12-23-20-10-8-18(13-19(20)9-11-21(23)24)14-22-27(25,26)15-17-6-4-16(2)5-7-17/h4-8,10,13,22H,3,9,11-12,14-15H2,1-2H3. The number of rotatable bonds is 7. The van der Waals surface area contributed by atoms with Crippen LogP contribution >= 0.6 is 0 Å². The summed E-state index contributed by atoms with van der Waals surface area (Å²) in [6.45, 7) is 5.00. The molecule has 2 aromatic carbocycles. The fraction of sp³-hybridized carbons (Fsp3) is 0.381. The highest BCUT2D eigenvalue weighted by molar-refractivity contribution is 7.88. The van der Waals surface area contributed by atoms with E-state index in [0.29, 0.717) is 19.4 Å². The predicted molar refractivity (Wildman–Crippen MR) is 108 cm³/mol. The molecule has 1 aliphatic rings. The lowest BCUT2D eigenvalue weighted by Gasteiger charge is -2.29. The van der Waals surface area contributed by atoms with E-state index in [1.807, 2.05) is 54.3 Å². The van der Waals surface area contributed by atoms with Crippen molar-refractivity contribution in [1.82, 2.24) is 4.72 Å². The second-order valence-electron chi connectivity index (χ2n) is 7.07. The van der Waals surface area contributed by atoms with Crippen LogP contribution in [0.15, 0.2) is 42.5 Å². The average molecular weight is 387 g/mol. The van der Waals surface area contributed by atoms with Gasteiger partial charge in [0.15, 0.2) is 0 Å². The molecule has 0 saturated heterocycles. The maximum absolute atomic E-state index is 12.4. The second kappa shape index (κ2) is 8.23. The van der Waals surface area contributed by atoms with E-state index in [4.69, 9.17) is 0 Å². The Labute approximate surface area is 161 Å². The number of amides is 1. The zero-order chi connectivity index (χ0) is 19.4. The molecule has 0 atom stereocenters. The molecule has 144 valence electrons. The predicted octanol–water partition coefficient (Wildman–Crippen LogP) is 3.30. The lowest BCUT2D eigenvalue weighted by atomic mass is 9.98. The van der Waals surface area contributed by atoms with E-state index < -0.39 is 10.0 Å². The molecule has 1 amide bonds. The molecule has 2 aromatic rings. The van der Waals surface area contributed by atoms with Crippen LogP contribution in [0.3, 0.4) is 0 Å². The number of carbonyl (C=O) groups excluding carboxylic acids is 1. The normalized spacial score (nSPS) is 14.3. The van der Waals surface area contributed by atoms with Gasteiger partial charge in [0, 0.05) is 25.2 Å². The van der Waals surface area contributed by atoms with Gasteiger partial charge in [0.05, 0.1) is 5.75 Å². The molecular weight excluding hydrogens is 360 g/mol. The topological polar surface area (TPSA) is 66.5 Å². The van der Waals surface area contributed by atoms with E-state index in [0.717, 1.165) is 34.4 Å². The molecule has 1 aliphatic heterocycles. The van der Waals surface area contributed by atoms with E-state index >= 15 is 0 Å². The Morgan fingerprint density at radius 3 is 2.44 bits per heavy atom. The van der Waals surface area contributed by atoms with E-state index in [1.165, 1.54) is 0 Å². The largest absolute Gasteiger partial charge is 0.312 e. The van der Waals surface area contributed by atoms with Crippen molar-refractivity contribution >= 4 is 21.6 Å². The number of carbonyl (C=O) groups is 1. The summed E-state index contributed by atoms with van der Waals surface area (Å²) >= 11 is 0. The number of hydrogen-bond donors (Lipinski definition) is 1. The molecule has 0 radical (unpaired) electrons. The van der Waals surface area contributed by atoms with Crippen LogP contribution in [-0.2, 0) is 33.5 Å². The van der Waals surface area contributed by atoms with E-state index in [-0.39, 0.29) is 18.2 Å². The summed E-state index contributed by atoms with van der Waals surface area (Å²) in [7, 11) is -3.41. The van der Waals surface area contributed by atoms with E-state index in [9.17, 15) is 13.2 Å². The van der Waals surface area contributed by atoms with Crippen molar-refractivity contribution in [2.45, 2.75) is 45.4 Å². The summed E-state index contributed by atoms with van der Waals surface area (Å²) in [4.78, 5) is 14.0. The van der Waals surface area contributed by atoms with Crippen LogP contribution in [0, 0.1) is 6.92 Å². The zero-order valence-electron chi connectivity index (χ0n) is 15.9. The van der Waals surface area contributed by atoms with Gasteiger partial charge in [0.2, 0.25) is 15.9 Å².